The van der Waals surface area contributed by atoms with E-state index in [4.69, 9.17) is 9.72 Å². The van der Waals surface area contributed by atoms with E-state index < -0.39 is 0 Å². The van der Waals surface area contributed by atoms with E-state index in [1.54, 1.807) is 11.2 Å². The van der Waals surface area contributed by atoms with E-state index in [0.717, 1.165) is 71.7 Å². The molecule has 9 nitrogen and oxygen atoms in total. The van der Waals surface area contributed by atoms with Crippen molar-refractivity contribution in [3.8, 4) is 28.6 Å². The number of aromatic nitrogens is 4. The number of nitriles is 1. The lowest BCUT2D eigenvalue weighted by molar-refractivity contribution is -0.0991. The molecular weight excluding hydrogens is 514 g/mol. The molecule has 4 heterocycles. The highest BCUT2D eigenvalue weighted by Gasteiger charge is 2.34. The zero-order chi connectivity index (χ0) is 28.1. The van der Waals surface area contributed by atoms with Crippen LogP contribution in [0.1, 0.15) is 58.4 Å². The molecule has 2 aromatic carbocycles. The molecule has 7 rings (SSSR count). The molecule has 1 aliphatic carbocycles. The number of nitrogens with one attached hydrogen (secondary N) is 1. The van der Waals surface area contributed by atoms with Gasteiger partial charge < -0.3 is 14.6 Å². The van der Waals surface area contributed by atoms with Crippen LogP contribution in [0.15, 0.2) is 54.9 Å². The van der Waals surface area contributed by atoms with E-state index in [2.05, 4.69) is 46.7 Å². The molecule has 41 heavy (non-hydrogen) atoms. The fourth-order valence-corrected chi connectivity index (χ4v) is 5.70. The molecule has 0 atom stereocenters. The van der Waals surface area contributed by atoms with Gasteiger partial charge in [0.2, 0.25) is 0 Å². The van der Waals surface area contributed by atoms with Gasteiger partial charge in [-0.25, -0.2) is 4.98 Å². The fourth-order valence-electron chi connectivity index (χ4n) is 5.70. The number of carbonyl (C=O) groups is 1. The number of hydrogen-bond acceptors (Lipinski definition) is 7. The number of benzene rings is 2. The van der Waals surface area contributed by atoms with E-state index in [-0.39, 0.29) is 11.3 Å². The molecule has 0 bridgehead atoms. The Morgan fingerprint density at radius 2 is 1.95 bits per heavy atom. The Balaban J connectivity index is 1.21. The van der Waals surface area contributed by atoms with Crippen molar-refractivity contribution in [1.82, 2.24) is 25.1 Å². The number of ether oxygens (including phenoxy) is 1. The number of carbonyl (C=O) groups excluding carboxylic acids is 1. The van der Waals surface area contributed by atoms with Crippen molar-refractivity contribution < 1.29 is 9.53 Å². The van der Waals surface area contributed by atoms with Crippen molar-refractivity contribution >= 4 is 11.7 Å². The Bertz CT molecular complexity index is 1710. The third-order valence-corrected chi connectivity index (χ3v) is 8.28. The highest BCUT2D eigenvalue weighted by atomic mass is 16.5. The topological polar surface area (TPSA) is 109 Å². The maximum Gasteiger partial charge on any atom is 0.260 e. The number of anilines is 1. The molecule has 3 aliphatic rings. The van der Waals surface area contributed by atoms with Crippen LogP contribution < -0.4 is 10.2 Å². The van der Waals surface area contributed by atoms with Crippen LogP contribution in [0.3, 0.4) is 0 Å². The van der Waals surface area contributed by atoms with Crippen molar-refractivity contribution in [2.45, 2.75) is 38.8 Å². The molecule has 1 saturated carbocycles. The lowest BCUT2D eigenvalue weighted by Gasteiger charge is -2.38. The van der Waals surface area contributed by atoms with Crippen molar-refractivity contribution in [2.24, 2.45) is 12.5 Å². The van der Waals surface area contributed by atoms with Gasteiger partial charge in [-0.3, -0.25) is 9.69 Å². The fraction of sp³-hybridized carbons (Fsp3) is 0.344. The van der Waals surface area contributed by atoms with Crippen LogP contribution in [0, 0.1) is 16.7 Å². The Labute approximate surface area is 238 Å². The smallest absolute Gasteiger partial charge is 0.260 e. The van der Waals surface area contributed by atoms with Gasteiger partial charge in [0.05, 0.1) is 31.4 Å². The number of pyridine rings is 1. The summed E-state index contributed by atoms with van der Waals surface area (Å²) in [7, 11) is 1.89. The van der Waals surface area contributed by atoms with E-state index in [9.17, 15) is 10.1 Å². The number of hydrogen-bond donors (Lipinski definition) is 1. The van der Waals surface area contributed by atoms with Crippen LogP contribution >= 0.6 is 0 Å². The average molecular weight is 546 g/mol. The Hall–Kier alpha value is -4.39. The number of rotatable bonds is 8. The zero-order valence-electron chi connectivity index (χ0n) is 23.2. The van der Waals surface area contributed by atoms with Gasteiger partial charge >= 0.3 is 0 Å². The average Bonchev–Trinajstić information content (AvgIpc) is 3.66. The molecule has 9 heteroatoms. The summed E-state index contributed by atoms with van der Waals surface area (Å²) in [6.07, 6.45) is 3.84. The highest BCUT2D eigenvalue weighted by Crippen LogP contribution is 2.43. The summed E-state index contributed by atoms with van der Waals surface area (Å²) in [5.41, 5.74) is 7.27. The van der Waals surface area contributed by atoms with Gasteiger partial charge in [-0.2, -0.15) is 5.26 Å². The second-order valence-corrected chi connectivity index (χ2v) is 11.8. The summed E-state index contributed by atoms with van der Waals surface area (Å²) in [6, 6.07) is 18.1. The number of fused-ring (bicyclic) bond motifs is 1. The molecule has 206 valence electrons. The summed E-state index contributed by atoms with van der Waals surface area (Å²) in [5, 5.41) is 21.5. The predicted molar refractivity (Wildman–Crippen MR) is 154 cm³/mol. The molecule has 4 aromatic rings. The largest absolute Gasteiger partial charge is 0.380 e. The molecule has 1 amide bonds. The van der Waals surface area contributed by atoms with Crippen molar-refractivity contribution in [3.05, 3.63) is 82.8 Å². The Morgan fingerprint density at radius 1 is 1.10 bits per heavy atom. The normalized spacial score (nSPS) is 17.3. The van der Waals surface area contributed by atoms with Gasteiger partial charge in [0.25, 0.3) is 5.91 Å². The monoisotopic (exact) mass is 545 g/mol. The molecule has 2 aliphatic heterocycles. The third kappa shape index (κ3) is 4.79. The second-order valence-electron chi connectivity index (χ2n) is 11.8. The highest BCUT2D eigenvalue weighted by molar-refractivity contribution is 6.10. The molecule has 0 radical (unpaired) electrons. The third-order valence-electron chi connectivity index (χ3n) is 8.28. The standard InChI is InChI=1S/C32H31N7O2/c1-32(17-41-18-32)16-34-14-21-3-5-23-15-39(31(40)26(23)10-21)29-12-24(11-28(36-29)22-6-7-22)25-8-4-20(13-33)9-27(25)30-37-35-19-38(30)2/h3-5,8-12,19,22,34H,6-7,14-18H2,1-2H3. The zero-order valence-corrected chi connectivity index (χ0v) is 23.2. The lowest BCUT2D eigenvalue weighted by atomic mass is 9.89. The molecule has 1 saturated heterocycles. The number of aryl methyl sites for hydroxylation is 1. The van der Waals surface area contributed by atoms with E-state index in [1.807, 2.05) is 41.9 Å². The van der Waals surface area contributed by atoms with Crippen LogP contribution in [0.5, 0.6) is 0 Å². The van der Waals surface area contributed by atoms with Gasteiger partial charge in [0, 0.05) is 48.3 Å². The first-order valence-corrected chi connectivity index (χ1v) is 14.0. The van der Waals surface area contributed by atoms with Crippen molar-refractivity contribution in [1.29, 1.82) is 5.26 Å². The number of nitrogens with zero attached hydrogens (tertiary/aromatic N) is 6. The maximum absolute atomic E-state index is 13.8. The first kappa shape index (κ1) is 25.6. The second kappa shape index (κ2) is 9.91. The maximum atomic E-state index is 13.8. The summed E-state index contributed by atoms with van der Waals surface area (Å²) >= 11 is 0. The SMILES string of the molecule is Cn1cnnc1-c1cc(C#N)ccc1-c1cc(C2CC2)nc(N2Cc3ccc(CNCC4(C)COC4)cc3C2=O)c1. The molecular formula is C32H31N7O2. The van der Waals surface area contributed by atoms with Crippen LogP contribution in [0.25, 0.3) is 22.5 Å². The molecule has 0 unspecified atom stereocenters. The molecule has 2 aromatic heterocycles. The van der Waals surface area contributed by atoms with Crippen molar-refractivity contribution in [3.63, 3.8) is 0 Å². The molecule has 1 N–H and O–H groups in total. The van der Waals surface area contributed by atoms with Crippen LogP contribution in [-0.2, 0) is 24.9 Å². The first-order valence-electron chi connectivity index (χ1n) is 14.0. The minimum absolute atomic E-state index is 0.0269. The van der Waals surface area contributed by atoms with Gasteiger partial charge in [0.15, 0.2) is 5.82 Å². The molecule has 0 spiro atoms. The van der Waals surface area contributed by atoms with E-state index >= 15 is 0 Å². The quantitative estimate of drug-likeness (QED) is 0.345. The van der Waals surface area contributed by atoms with Gasteiger partial charge in [-0.1, -0.05) is 25.1 Å². The Kier molecular flexibility index (Phi) is 6.18. The van der Waals surface area contributed by atoms with Crippen LogP contribution in [-0.4, -0.2) is 45.4 Å². The lowest BCUT2D eigenvalue weighted by Crippen LogP contribution is -2.47. The minimum atomic E-state index is -0.0269. The summed E-state index contributed by atoms with van der Waals surface area (Å²) in [6.45, 7) is 5.87. The summed E-state index contributed by atoms with van der Waals surface area (Å²) in [5.74, 6) is 1.69. The summed E-state index contributed by atoms with van der Waals surface area (Å²) < 4.78 is 7.20. The minimum Gasteiger partial charge on any atom is -0.380 e. The van der Waals surface area contributed by atoms with E-state index in [1.165, 1.54) is 0 Å². The first-order chi connectivity index (χ1) is 19.9. The Morgan fingerprint density at radius 3 is 2.66 bits per heavy atom. The van der Waals surface area contributed by atoms with E-state index in [0.29, 0.717) is 36.2 Å². The van der Waals surface area contributed by atoms with Crippen molar-refractivity contribution in [2.75, 3.05) is 24.7 Å². The van der Waals surface area contributed by atoms with Gasteiger partial charge in [-0.05, 0) is 65.4 Å². The van der Waals surface area contributed by atoms with Crippen LogP contribution in [0.2, 0.25) is 0 Å². The van der Waals surface area contributed by atoms with Crippen LogP contribution in [0.4, 0.5) is 5.82 Å². The molecule has 2 fully saturated rings. The summed E-state index contributed by atoms with van der Waals surface area (Å²) in [4.78, 5) is 20.5. The number of amides is 1. The van der Waals surface area contributed by atoms with Gasteiger partial charge in [0.1, 0.15) is 12.1 Å². The predicted octanol–water partition coefficient (Wildman–Crippen LogP) is 4.58. The van der Waals surface area contributed by atoms with Gasteiger partial charge in [-0.15, -0.1) is 10.2 Å².